The van der Waals surface area contributed by atoms with E-state index in [2.05, 4.69) is 5.32 Å². The smallest absolute Gasteiger partial charge is 0.270 e. The van der Waals surface area contributed by atoms with E-state index in [0.717, 1.165) is 18.2 Å². The number of hydrogen-bond acceptors (Lipinski definition) is 4. The monoisotopic (exact) mass is 321 g/mol. The van der Waals surface area contributed by atoms with Crippen molar-refractivity contribution < 1.29 is 18.5 Å². The van der Waals surface area contributed by atoms with E-state index in [-0.39, 0.29) is 16.9 Å². The van der Waals surface area contributed by atoms with Crippen LogP contribution in [-0.2, 0) is 0 Å². The predicted octanol–water partition coefficient (Wildman–Crippen LogP) is 3.19. The van der Waals surface area contributed by atoms with E-state index < -0.39 is 22.5 Å². The molecule has 0 saturated carbocycles. The Kier molecular flexibility index (Phi) is 4.54. The van der Waals surface area contributed by atoms with Gasteiger partial charge in [0.15, 0.2) is 0 Å². The first kappa shape index (κ1) is 16.3. The molecule has 0 aliphatic rings. The van der Waals surface area contributed by atoms with Gasteiger partial charge in [0, 0.05) is 38.0 Å². The average Bonchev–Trinajstić information content (AvgIpc) is 2.49. The molecule has 0 aromatic heterocycles. The standard InChI is InChI=1S/C15H13F2N3O3/c1-19(2)14-6-4-10(20(22)23)8-11(14)15(21)18-13-5-3-9(16)7-12(13)17/h3-8H,1-2H3,(H,18,21). The third-order valence-corrected chi connectivity index (χ3v) is 3.10. The second-order valence-electron chi connectivity index (χ2n) is 4.93. The van der Waals surface area contributed by atoms with Crippen molar-refractivity contribution in [1.82, 2.24) is 0 Å². The number of nitro benzene ring substituents is 1. The summed E-state index contributed by atoms with van der Waals surface area (Å²) < 4.78 is 26.5. The molecule has 0 heterocycles. The molecule has 0 radical (unpaired) electrons. The fraction of sp³-hybridized carbons (Fsp3) is 0.133. The van der Waals surface area contributed by atoms with Gasteiger partial charge in [-0.1, -0.05) is 0 Å². The fourth-order valence-corrected chi connectivity index (χ4v) is 1.99. The quantitative estimate of drug-likeness (QED) is 0.693. The number of hydrogen-bond donors (Lipinski definition) is 1. The molecule has 0 bridgehead atoms. The van der Waals surface area contributed by atoms with Crippen molar-refractivity contribution in [3.8, 4) is 0 Å². The first-order valence-corrected chi connectivity index (χ1v) is 6.51. The highest BCUT2D eigenvalue weighted by Crippen LogP contribution is 2.25. The Morgan fingerprint density at radius 3 is 2.43 bits per heavy atom. The van der Waals surface area contributed by atoms with Crippen LogP contribution in [-0.4, -0.2) is 24.9 Å². The number of rotatable bonds is 4. The number of anilines is 2. The van der Waals surface area contributed by atoms with Gasteiger partial charge < -0.3 is 10.2 Å². The molecule has 0 saturated heterocycles. The second-order valence-corrected chi connectivity index (χ2v) is 4.93. The number of non-ortho nitro benzene ring substituents is 1. The van der Waals surface area contributed by atoms with E-state index in [1.54, 1.807) is 19.0 Å². The fourth-order valence-electron chi connectivity index (χ4n) is 1.99. The molecule has 120 valence electrons. The minimum Gasteiger partial charge on any atom is -0.377 e. The van der Waals surface area contributed by atoms with Crippen LogP contribution in [0, 0.1) is 21.7 Å². The molecule has 2 aromatic carbocycles. The minimum atomic E-state index is -0.935. The number of amides is 1. The van der Waals surface area contributed by atoms with Crippen LogP contribution in [0.15, 0.2) is 36.4 Å². The summed E-state index contributed by atoms with van der Waals surface area (Å²) in [6, 6.07) is 6.51. The summed E-state index contributed by atoms with van der Waals surface area (Å²) in [7, 11) is 3.33. The Morgan fingerprint density at radius 1 is 1.17 bits per heavy atom. The summed E-state index contributed by atoms with van der Waals surface area (Å²) >= 11 is 0. The normalized spacial score (nSPS) is 10.3. The Hall–Kier alpha value is -3.03. The molecule has 2 rings (SSSR count). The maximum absolute atomic E-state index is 13.6. The SMILES string of the molecule is CN(C)c1ccc([N+](=O)[O-])cc1C(=O)Nc1ccc(F)cc1F. The van der Waals surface area contributed by atoms with Crippen LogP contribution in [0.3, 0.4) is 0 Å². The van der Waals surface area contributed by atoms with Crippen LogP contribution >= 0.6 is 0 Å². The number of benzene rings is 2. The molecule has 0 aliphatic heterocycles. The molecular weight excluding hydrogens is 308 g/mol. The highest BCUT2D eigenvalue weighted by Gasteiger charge is 2.19. The molecule has 1 amide bonds. The molecule has 6 nitrogen and oxygen atoms in total. The van der Waals surface area contributed by atoms with E-state index in [9.17, 15) is 23.7 Å². The van der Waals surface area contributed by atoms with Crippen LogP contribution in [0.25, 0.3) is 0 Å². The number of nitrogens with zero attached hydrogens (tertiary/aromatic N) is 2. The lowest BCUT2D eigenvalue weighted by molar-refractivity contribution is -0.384. The van der Waals surface area contributed by atoms with Crippen LogP contribution in [0.2, 0.25) is 0 Å². The van der Waals surface area contributed by atoms with Crippen LogP contribution in [0.4, 0.5) is 25.8 Å². The highest BCUT2D eigenvalue weighted by atomic mass is 19.1. The zero-order valence-electron chi connectivity index (χ0n) is 12.3. The van der Waals surface area contributed by atoms with Crippen molar-refractivity contribution >= 4 is 23.0 Å². The molecule has 0 spiro atoms. The largest absolute Gasteiger partial charge is 0.377 e. The first-order valence-electron chi connectivity index (χ1n) is 6.51. The van der Waals surface area contributed by atoms with Crippen LogP contribution < -0.4 is 10.2 Å². The minimum absolute atomic E-state index is 0.00734. The molecule has 0 atom stereocenters. The molecule has 1 N–H and O–H groups in total. The average molecular weight is 321 g/mol. The Labute approximate surface area is 130 Å². The summed E-state index contributed by atoms with van der Waals surface area (Å²) in [5, 5.41) is 13.2. The summed E-state index contributed by atoms with van der Waals surface area (Å²) in [6.45, 7) is 0. The van der Waals surface area contributed by atoms with Gasteiger partial charge in [-0.3, -0.25) is 14.9 Å². The zero-order chi connectivity index (χ0) is 17.1. The maximum Gasteiger partial charge on any atom is 0.270 e. The molecule has 8 heteroatoms. The molecule has 0 aliphatic carbocycles. The number of carbonyl (C=O) groups excluding carboxylic acids is 1. The molecule has 2 aromatic rings. The van der Waals surface area contributed by atoms with Crippen molar-refractivity contribution in [1.29, 1.82) is 0 Å². The van der Waals surface area contributed by atoms with E-state index in [1.807, 2.05) is 0 Å². The molecule has 0 fully saturated rings. The van der Waals surface area contributed by atoms with Gasteiger partial charge in [0.2, 0.25) is 0 Å². The lowest BCUT2D eigenvalue weighted by Gasteiger charge is -2.17. The van der Waals surface area contributed by atoms with Gasteiger partial charge in [0.1, 0.15) is 11.6 Å². The molecule has 23 heavy (non-hydrogen) atoms. The third-order valence-electron chi connectivity index (χ3n) is 3.10. The Morgan fingerprint density at radius 2 is 1.87 bits per heavy atom. The van der Waals surface area contributed by atoms with Gasteiger partial charge in [0.05, 0.1) is 16.2 Å². The van der Waals surface area contributed by atoms with Crippen LogP contribution in [0.5, 0.6) is 0 Å². The van der Waals surface area contributed by atoms with Crippen molar-refractivity contribution in [3.05, 3.63) is 63.7 Å². The van der Waals surface area contributed by atoms with Crippen molar-refractivity contribution in [2.24, 2.45) is 0 Å². The number of carbonyl (C=O) groups is 1. The van der Waals surface area contributed by atoms with E-state index in [4.69, 9.17) is 0 Å². The third kappa shape index (κ3) is 3.60. The summed E-state index contributed by atoms with van der Waals surface area (Å²) in [4.78, 5) is 24.2. The summed E-state index contributed by atoms with van der Waals surface area (Å²) in [6.07, 6.45) is 0. The van der Waals surface area contributed by atoms with Gasteiger partial charge in [-0.2, -0.15) is 0 Å². The molecular formula is C15H13F2N3O3. The highest BCUT2D eigenvalue weighted by molar-refractivity contribution is 6.08. The van der Waals surface area contributed by atoms with Crippen molar-refractivity contribution in [2.45, 2.75) is 0 Å². The molecule has 0 unspecified atom stereocenters. The number of halogens is 2. The Bertz CT molecular complexity index is 779. The summed E-state index contributed by atoms with van der Waals surface area (Å²) in [5.41, 5.74) is -0.0449. The lowest BCUT2D eigenvalue weighted by Crippen LogP contribution is -2.19. The van der Waals surface area contributed by atoms with E-state index >= 15 is 0 Å². The summed E-state index contributed by atoms with van der Waals surface area (Å²) in [5.74, 6) is -2.44. The van der Waals surface area contributed by atoms with Crippen LogP contribution in [0.1, 0.15) is 10.4 Å². The maximum atomic E-state index is 13.6. The van der Waals surface area contributed by atoms with Gasteiger partial charge in [-0.15, -0.1) is 0 Å². The topological polar surface area (TPSA) is 75.5 Å². The van der Waals surface area contributed by atoms with Gasteiger partial charge >= 0.3 is 0 Å². The van der Waals surface area contributed by atoms with Crippen molar-refractivity contribution in [3.63, 3.8) is 0 Å². The van der Waals surface area contributed by atoms with Gasteiger partial charge in [0.25, 0.3) is 11.6 Å². The lowest BCUT2D eigenvalue weighted by atomic mass is 10.1. The second kappa shape index (κ2) is 6.39. The van der Waals surface area contributed by atoms with E-state index in [0.29, 0.717) is 11.8 Å². The number of nitrogens with one attached hydrogen (secondary N) is 1. The van der Waals surface area contributed by atoms with Crippen molar-refractivity contribution in [2.75, 3.05) is 24.3 Å². The van der Waals surface area contributed by atoms with Gasteiger partial charge in [-0.05, 0) is 18.2 Å². The van der Waals surface area contributed by atoms with E-state index in [1.165, 1.54) is 12.1 Å². The first-order chi connectivity index (χ1) is 10.8. The Balaban J connectivity index is 2.40. The predicted molar refractivity (Wildman–Crippen MR) is 81.7 cm³/mol. The number of nitro groups is 1. The van der Waals surface area contributed by atoms with Gasteiger partial charge in [-0.25, -0.2) is 8.78 Å². The zero-order valence-corrected chi connectivity index (χ0v) is 12.3.